The molecule has 3 heterocycles. The Kier molecular flexibility index (Phi) is 7.27. The summed E-state index contributed by atoms with van der Waals surface area (Å²) in [4.78, 5) is 15.3. The number of anilines is 1. The zero-order valence-corrected chi connectivity index (χ0v) is 24.1. The van der Waals surface area contributed by atoms with Crippen molar-refractivity contribution in [3.8, 4) is 39.7 Å². The molecule has 0 aliphatic carbocycles. The van der Waals surface area contributed by atoms with Crippen molar-refractivity contribution >= 4 is 27.0 Å². The lowest BCUT2D eigenvalue weighted by molar-refractivity contribution is 0.238. The van der Waals surface area contributed by atoms with E-state index in [0.29, 0.717) is 29.2 Å². The Bertz CT molecular complexity index is 1790. The highest BCUT2D eigenvalue weighted by molar-refractivity contribution is 7.90. The minimum absolute atomic E-state index is 0.0570. The number of imidazole rings is 2. The van der Waals surface area contributed by atoms with Crippen LogP contribution >= 0.6 is 0 Å². The second-order valence-electron chi connectivity index (χ2n) is 10.6. The summed E-state index contributed by atoms with van der Waals surface area (Å²) < 4.78 is 33.5. The number of likely N-dealkylation sites (tertiary alicyclic amines) is 1. The third-order valence-corrected chi connectivity index (χ3v) is 9.59. The molecule has 5 aromatic rings. The number of aromatic amines is 1. The smallest absolute Gasteiger partial charge is 0.244 e. The van der Waals surface area contributed by atoms with Crippen molar-refractivity contribution in [1.82, 2.24) is 23.8 Å². The van der Waals surface area contributed by atoms with Gasteiger partial charge in [-0.3, -0.25) is 4.90 Å². The number of nitrogens with one attached hydrogen (secondary N) is 1. The van der Waals surface area contributed by atoms with Crippen molar-refractivity contribution in [2.24, 2.45) is 0 Å². The van der Waals surface area contributed by atoms with Gasteiger partial charge in [0.25, 0.3) is 0 Å². The standard InChI is InChI=1S/C31H34N6O3S/c1-21(2)41(38,39)37-27-20-23(13-14-26(27)33-31(37)32)29-28(22-9-4-3-5-10-22)34-30(35-29)24-11-8-12-25(19-24)40-18-17-36-15-6-7-16-36/h3-5,8-14,19-21H,6-7,15-18H2,1-2H3,(H2,32,33)(H,34,35). The Hall–Kier alpha value is -4.15. The van der Waals surface area contributed by atoms with Gasteiger partial charge in [0.15, 0.2) is 0 Å². The van der Waals surface area contributed by atoms with Gasteiger partial charge < -0.3 is 15.5 Å². The molecule has 3 N–H and O–H groups in total. The first kappa shape index (κ1) is 27.0. The molecule has 1 fully saturated rings. The number of hydrogen-bond donors (Lipinski definition) is 2. The lowest BCUT2D eigenvalue weighted by Crippen LogP contribution is -2.25. The molecule has 0 bridgehead atoms. The topological polar surface area (TPSA) is 119 Å². The monoisotopic (exact) mass is 570 g/mol. The minimum atomic E-state index is -3.72. The van der Waals surface area contributed by atoms with Gasteiger partial charge in [-0.1, -0.05) is 48.5 Å². The molecule has 0 saturated carbocycles. The molecule has 41 heavy (non-hydrogen) atoms. The van der Waals surface area contributed by atoms with Crippen molar-refractivity contribution in [2.75, 3.05) is 32.0 Å². The zero-order chi connectivity index (χ0) is 28.6. The van der Waals surface area contributed by atoms with Gasteiger partial charge in [-0.2, -0.15) is 0 Å². The van der Waals surface area contributed by atoms with Crippen LogP contribution in [0.2, 0.25) is 0 Å². The van der Waals surface area contributed by atoms with E-state index >= 15 is 0 Å². The quantitative estimate of drug-likeness (QED) is 0.243. The summed E-state index contributed by atoms with van der Waals surface area (Å²) in [6.07, 6.45) is 2.52. The van der Waals surface area contributed by atoms with Crippen LogP contribution in [0.25, 0.3) is 44.9 Å². The highest BCUT2D eigenvalue weighted by Crippen LogP contribution is 2.36. The average molecular weight is 571 g/mol. The van der Waals surface area contributed by atoms with E-state index < -0.39 is 15.3 Å². The summed E-state index contributed by atoms with van der Waals surface area (Å²) in [6.45, 7) is 7.10. The van der Waals surface area contributed by atoms with E-state index in [4.69, 9.17) is 15.5 Å². The maximum absolute atomic E-state index is 13.1. The van der Waals surface area contributed by atoms with Crippen LogP contribution in [-0.4, -0.2) is 63.7 Å². The van der Waals surface area contributed by atoms with Gasteiger partial charge in [-0.05, 0) is 64.0 Å². The number of fused-ring (bicyclic) bond motifs is 1. The third-order valence-electron chi connectivity index (χ3n) is 7.51. The number of hydrogen-bond acceptors (Lipinski definition) is 7. The number of rotatable bonds is 9. The molecule has 10 heteroatoms. The first-order valence-electron chi connectivity index (χ1n) is 13.9. The molecule has 1 aliphatic heterocycles. The molecule has 0 unspecified atom stereocenters. The van der Waals surface area contributed by atoms with E-state index in [2.05, 4.69) is 14.9 Å². The molecule has 9 nitrogen and oxygen atoms in total. The molecule has 0 radical (unpaired) electrons. The Morgan fingerprint density at radius 3 is 2.44 bits per heavy atom. The van der Waals surface area contributed by atoms with Crippen molar-refractivity contribution < 1.29 is 13.2 Å². The predicted molar refractivity (Wildman–Crippen MR) is 163 cm³/mol. The summed E-state index contributed by atoms with van der Waals surface area (Å²) in [5.41, 5.74) is 11.1. The van der Waals surface area contributed by atoms with Gasteiger partial charge in [0.05, 0.1) is 27.7 Å². The number of nitrogens with zero attached hydrogens (tertiary/aromatic N) is 4. The van der Waals surface area contributed by atoms with Gasteiger partial charge in [0.2, 0.25) is 16.0 Å². The first-order chi connectivity index (χ1) is 19.8. The molecular weight excluding hydrogens is 536 g/mol. The Morgan fingerprint density at radius 1 is 0.927 bits per heavy atom. The van der Waals surface area contributed by atoms with Crippen LogP contribution in [0.1, 0.15) is 26.7 Å². The average Bonchev–Trinajstić information content (AvgIpc) is 3.72. The fourth-order valence-corrected chi connectivity index (χ4v) is 6.41. The van der Waals surface area contributed by atoms with Crippen molar-refractivity contribution in [3.63, 3.8) is 0 Å². The minimum Gasteiger partial charge on any atom is -0.492 e. The van der Waals surface area contributed by atoms with Gasteiger partial charge in [-0.15, -0.1) is 0 Å². The van der Waals surface area contributed by atoms with Crippen molar-refractivity contribution in [3.05, 3.63) is 72.8 Å². The molecule has 0 spiro atoms. The summed E-state index contributed by atoms with van der Waals surface area (Å²) in [6, 6.07) is 23.3. The normalized spacial score (nSPS) is 14.3. The first-order valence-corrected chi connectivity index (χ1v) is 15.5. The number of aromatic nitrogens is 4. The lowest BCUT2D eigenvalue weighted by atomic mass is 10.0. The van der Waals surface area contributed by atoms with E-state index in [1.165, 1.54) is 12.8 Å². The number of nitrogen functional groups attached to an aromatic ring is 1. The summed E-state index contributed by atoms with van der Waals surface area (Å²) in [7, 11) is -3.72. The molecule has 1 aliphatic rings. The lowest BCUT2D eigenvalue weighted by Gasteiger charge is -2.15. The van der Waals surface area contributed by atoms with Gasteiger partial charge in [-0.25, -0.2) is 22.4 Å². The summed E-state index contributed by atoms with van der Waals surface area (Å²) in [5.74, 6) is 1.42. The molecule has 6 rings (SSSR count). The van der Waals surface area contributed by atoms with Gasteiger partial charge in [0, 0.05) is 23.2 Å². The molecular formula is C31H34N6O3S. The van der Waals surface area contributed by atoms with Crippen LogP contribution in [0, 0.1) is 0 Å². The second-order valence-corrected chi connectivity index (χ2v) is 13.0. The predicted octanol–water partition coefficient (Wildman–Crippen LogP) is 5.40. The van der Waals surface area contributed by atoms with Gasteiger partial charge in [0.1, 0.15) is 18.2 Å². The van der Waals surface area contributed by atoms with Crippen LogP contribution in [0.4, 0.5) is 5.95 Å². The second kappa shape index (κ2) is 11.0. The third kappa shape index (κ3) is 5.32. The zero-order valence-electron chi connectivity index (χ0n) is 23.2. The Balaban J connectivity index is 1.40. The number of nitrogens with two attached hydrogens (primary N) is 1. The molecule has 1 saturated heterocycles. The van der Waals surface area contributed by atoms with Crippen LogP contribution in [0.3, 0.4) is 0 Å². The van der Waals surface area contributed by atoms with E-state index in [-0.39, 0.29) is 5.95 Å². The van der Waals surface area contributed by atoms with E-state index in [1.807, 2.05) is 60.7 Å². The number of H-pyrrole nitrogens is 1. The van der Waals surface area contributed by atoms with E-state index in [1.54, 1.807) is 26.0 Å². The van der Waals surface area contributed by atoms with Crippen molar-refractivity contribution in [1.29, 1.82) is 0 Å². The van der Waals surface area contributed by atoms with Crippen LogP contribution in [0.15, 0.2) is 72.8 Å². The van der Waals surface area contributed by atoms with E-state index in [0.717, 1.165) is 51.7 Å². The number of benzene rings is 3. The van der Waals surface area contributed by atoms with Crippen LogP contribution in [0.5, 0.6) is 5.75 Å². The summed E-state index contributed by atoms with van der Waals surface area (Å²) in [5, 5.41) is -0.660. The molecule has 0 atom stereocenters. The number of ether oxygens (including phenoxy) is 1. The van der Waals surface area contributed by atoms with Gasteiger partial charge >= 0.3 is 0 Å². The molecule has 0 amide bonds. The highest BCUT2D eigenvalue weighted by atomic mass is 32.2. The maximum Gasteiger partial charge on any atom is 0.244 e. The van der Waals surface area contributed by atoms with Crippen LogP contribution < -0.4 is 10.5 Å². The van der Waals surface area contributed by atoms with Crippen LogP contribution in [-0.2, 0) is 10.0 Å². The molecule has 3 aromatic carbocycles. The van der Waals surface area contributed by atoms with E-state index in [9.17, 15) is 8.42 Å². The maximum atomic E-state index is 13.1. The fraction of sp³-hybridized carbons (Fsp3) is 0.290. The summed E-state index contributed by atoms with van der Waals surface area (Å²) >= 11 is 0. The SMILES string of the molecule is CC(C)S(=O)(=O)n1c(N)nc2ccc(-c3nc(-c4cccc(OCCN5CCCC5)c4)[nH]c3-c3ccccc3)cc21. The largest absolute Gasteiger partial charge is 0.492 e. The molecule has 2 aromatic heterocycles. The highest BCUT2D eigenvalue weighted by Gasteiger charge is 2.25. The Labute approximate surface area is 240 Å². The Morgan fingerprint density at radius 2 is 1.68 bits per heavy atom. The molecule has 212 valence electrons. The van der Waals surface area contributed by atoms with Crippen molar-refractivity contribution in [2.45, 2.75) is 31.9 Å². The fourth-order valence-electron chi connectivity index (χ4n) is 5.26.